The van der Waals surface area contributed by atoms with E-state index in [-0.39, 0.29) is 18.9 Å². The van der Waals surface area contributed by atoms with E-state index in [4.69, 9.17) is 14.7 Å². The minimum atomic E-state index is -1.19. The molecule has 0 radical (unpaired) electrons. The third kappa shape index (κ3) is 4.96. The summed E-state index contributed by atoms with van der Waals surface area (Å²) in [6.45, 7) is 3.11. The topological polar surface area (TPSA) is 114 Å². The number of carbonyl (C=O) groups is 3. The fraction of sp³-hybridized carbons (Fsp3) is 0.318. The predicted octanol–water partition coefficient (Wildman–Crippen LogP) is 2.82. The standard InChI is InChI=1S/C22H24N2O6/c1-13(11-20(25)24-30-14(2)21(26)27)23-22(28)29-12-19-17-9-5-3-7-15(17)16-8-4-6-10-18(16)19/h3-10,13-14,19H,11-12H2,1-2H3,(H,23,28)(H,24,25)(H,26,27)/t13-,14?/m0/s1. The summed E-state index contributed by atoms with van der Waals surface area (Å²) >= 11 is 0. The number of carboxylic acid groups (broad SMARTS) is 1. The lowest BCUT2D eigenvalue weighted by Crippen LogP contribution is -2.39. The van der Waals surface area contributed by atoms with Crippen LogP contribution in [0.25, 0.3) is 11.1 Å². The highest BCUT2D eigenvalue weighted by molar-refractivity contribution is 5.79. The lowest BCUT2D eigenvalue weighted by molar-refractivity contribution is -0.158. The lowest BCUT2D eigenvalue weighted by Gasteiger charge is -2.17. The van der Waals surface area contributed by atoms with Crippen LogP contribution in [0.4, 0.5) is 4.79 Å². The number of alkyl carbamates (subject to hydrolysis) is 1. The van der Waals surface area contributed by atoms with Gasteiger partial charge in [0.05, 0.1) is 0 Å². The van der Waals surface area contributed by atoms with E-state index in [1.54, 1.807) is 6.92 Å². The van der Waals surface area contributed by atoms with E-state index in [0.29, 0.717) is 0 Å². The van der Waals surface area contributed by atoms with Gasteiger partial charge in [-0.05, 0) is 36.1 Å². The number of aliphatic carboxylic acids is 1. The third-order valence-corrected chi connectivity index (χ3v) is 4.90. The van der Waals surface area contributed by atoms with Gasteiger partial charge in [0.15, 0.2) is 6.10 Å². The van der Waals surface area contributed by atoms with Gasteiger partial charge in [-0.25, -0.2) is 15.1 Å². The molecule has 0 bridgehead atoms. The minimum Gasteiger partial charge on any atom is -0.479 e. The molecule has 2 atom stereocenters. The molecule has 2 aromatic carbocycles. The van der Waals surface area contributed by atoms with Gasteiger partial charge in [-0.1, -0.05) is 48.5 Å². The summed E-state index contributed by atoms with van der Waals surface area (Å²) in [5.41, 5.74) is 6.57. The second-order valence-electron chi connectivity index (χ2n) is 7.20. The number of amides is 2. The van der Waals surface area contributed by atoms with Crippen LogP contribution >= 0.6 is 0 Å². The van der Waals surface area contributed by atoms with E-state index < -0.39 is 30.1 Å². The SMILES string of the molecule is CC(ONC(=O)C[C@H](C)NC(=O)OCC1c2ccccc2-c2ccccc21)C(=O)O. The fourth-order valence-corrected chi connectivity index (χ4v) is 3.42. The van der Waals surface area contributed by atoms with Crippen LogP contribution in [0.1, 0.15) is 37.3 Å². The van der Waals surface area contributed by atoms with Gasteiger partial charge in [0, 0.05) is 18.4 Å². The van der Waals surface area contributed by atoms with Gasteiger partial charge >= 0.3 is 12.1 Å². The number of nitrogens with one attached hydrogen (secondary N) is 2. The van der Waals surface area contributed by atoms with Gasteiger partial charge in [0.2, 0.25) is 5.91 Å². The molecule has 1 aliphatic carbocycles. The molecule has 0 heterocycles. The second-order valence-corrected chi connectivity index (χ2v) is 7.20. The normalized spacial score (nSPS) is 14.2. The van der Waals surface area contributed by atoms with E-state index in [1.807, 2.05) is 36.4 Å². The van der Waals surface area contributed by atoms with Crippen LogP contribution < -0.4 is 10.8 Å². The van der Waals surface area contributed by atoms with Crippen molar-refractivity contribution in [2.75, 3.05) is 6.61 Å². The number of fused-ring (bicyclic) bond motifs is 3. The van der Waals surface area contributed by atoms with E-state index in [1.165, 1.54) is 6.92 Å². The Labute approximate surface area is 174 Å². The minimum absolute atomic E-state index is 0.0485. The Morgan fingerprint density at radius 1 is 1.00 bits per heavy atom. The maximum Gasteiger partial charge on any atom is 0.407 e. The van der Waals surface area contributed by atoms with Gasteiger partial charge in [0.25, 0.3) is 0 Å². The zero-order valence-corrected chi connectivity index (χ0v) is 16.8. The molecule has 158 valence electrons. The summed E-state index contributed by atoms with van der Waals surface area (Å²) < 4.78 is 5.43. The van der Waals surface area contributed by atoms with Gasteiger partial charge in [-0.3, -0.25) is 9.63 Å². The molecule has 0 aromatic heterocycles. The summed E-state index contributed by atoms with van der Waals surface area (Å²) in [7, 11) is 0. The predicted molar refractivity (Wildman–Crippen MR) is 109 cm³/mol. The average Bonchev–Trinajstić information content (AvgIpc) is 3.04. The number of carbonyl (C=O) groups excluding carboxylic acids is 2. The quantitative estimate of drug-likeness (QED) is 0.575. The monoisotopic (exact) mass is 412 g/mol. The number of hydrogen-bond acceptors (Lipinski definition) is 5. The average molecular weight is 412 g/mol. The van der Waals surface area contributed by atoms with Gasteiger partial charge < -0.3 is 15.2 Å². The van der Waals surface area contributed by atoms with Gasteiger partial charge in [0.1, 0.15) is 6.61 Å². The van der Waals surface area contributed by atoms with Crippen LogP contribution in [0.15, 0.2) is 48.5 Å². The molecule has 2 aromatic rings. The van der Waals surface area contributed by atoms with Crippen molar-refractivity contribution in [2.24, 2.45) is 0 Å². The van der Waals surface area contributed by atoms with Crippen LogP contribution in [0.3, 0.4) is 0 Å². The highest BCUT2D eigenvalue weighted by Gasteiger charge is 2.29. The molecule has 30 heavy (non-hydrogen) atoms. The summed E-state index contributed by atoms with van der Waals surface area (Å²) in [6, 6.07) is 15.6. The molecule has 0 spiro atoms. The molecule has 0 saturated heterocycles. The van der Waals surface area contributed by atoms with Crippen LogP contribution in [0.5, 0.6) is 0 Å². The van der Waals surface area contributed by atoms with Crippen molar-refractivity contribution < 1.29 is 29.1 Å². The molecular weight excluding hydrogens is 388 g/mol. The molecule has 3 N–H and O–H groups in total. The highest BCUT2D eigenvalue weighted by Crippen LogP contribution is 2.44. The molecule has 3 rings (SSSR count). The zero-order valence-electron chi connectivity index (χ0n) is 16.8. The molecule has 1 unspecified atom stereocenters. The molecule has 8 heteroatoms. The maximum absolute atomic E-state index is 12.2. The van der Waals surface area contributed by atoms with Crippen LogP contribution in [-0.2, 0) is 19.2 Å². The number of ether oxygens (including phenoxy) is 1. The van der Waals surface area contributed by atoms with Crippen molar-refractivity contribution >= 4 is 18.0 Å². The largest absolute Gasteiger partial charge is 0.479 e. The van der Waals surface area contributed by atoms with E-state index in [0.717, 1.165) is 22.3 Å². The van der Waals surface area contributed by atoms with Crippen molar-refractivity contribution in [3.63, 3.8) is 0 Å². The molecule has 0 fully saturated rings. The zero-order chi connectivity index (χ0) is 21.7. The summed E-state index contributed by atoms with van der Waals surface area (Å²) in [6.07, 6.45) is -1.88. The van der Waals surface area contributed by atoms with Crippen molar-refractivity contribution in [1.82, 2.24) is 10.8 Å². The Balaban J connectivity index is 1.50. The van der Waals surface area contributed by atoms with Gasteiger partial charge in [-0.15, -0.1) is 0 Å². The number of hydrogen-bond donors (Lipinski definition) is 3. The van der Waals surface area contributed by atoms with Crippen molar-refractivity contribution in [3.05, 3.63) is 59.7 Å². The lowest BCUT2D eigenvalue weighted by atomic mass is 9.98. The number of rotatable bonds is 8. The molecular formula is C22H24N2O6. The first-order chi connectivity index (χ1) is 14.4. The Kier molecular flexibility index (Phi) is 6.68. The van der Waals surface area contributed by atoms with Crippen molar-refractivity contribution in [2.45, 2.75) is 38.3 Å². The molecule has 1 aliphatic rings. The Morgan fingerprint density at radius 3 is 2.13 bits per heavy atom. The van der Waals surface area contributed by atoms with Crippen LogP contribution in [0.2, 0.25) is 0 Å². The summed E-state index contributed by atoms with van der Waals surface area (Å²) in [5.74, 6) is -1.79. The molecule has 0 aliphatic heterocycles. The Hall–Kier alpha value is -3.39. The van der Waals surface area contributed by atoms with E-state index in [9.17, 15) is 14.4 Å². The first-order valence-corrected chi connectivity index (χ1v) is 9.65. The van der Waals surface area contributed by atoms with E-state index >= 15 is 0 Å². The van der Waals surface area contributed by atoms with Gasteiger partial charge in [-0.2, -0.15) is 0 Å². The fourth-order valence-electron chi connectivity index (χ4n) is 3.42. The van der Waals surface area contributed by atoms with E-state index in [2.05, 4.69) is 22.9 Å². The smallest absolute Gasteiger partial charge is 0.407 e. The van der Waals surface area contributed by atoms with Crippen LogP contribution in [-0.4, -0.2) is 41.8 Å². The highest BCUT2D eigenvalue weighted by atomic mass is 16.7. The maximum atomic E-state index is 12.2. The number of hydroxylamine groups is 1. The summed E-state index contributed by atoms with van der Waals surface area (Å²) in [4.78, 5) is 39.4. The number of benzene rings is 2. The van der Waals surface area contributed by atoms with Crippen molar-refractivity contribution in [3.8, 4) is 11.1 Å². The first-order valence-electron chi connectivity index (χ1n) is 9.65. The molecule has 0 saturated carbocycles. The van der Waals surface area contributed by atoms with Crippen LogP contribution in [0, 0.1) is 0 Å². The molecule has 8 nitrogen and oxygen atoms in total. The molecule has 2 amide bonds. The first kappa shape index (κ1) is 21.3. The Bertz CT molecular complexity index is 899. The summed E-state index contributed by atoms with van der Waals surface area (Å²) in [5, 5.41) is 11.3. The van der Waals surface area contributed by atoms with Crippen molar-refractivity contribution in [1.29, 1.82) is 0 Å². The number of carboxylic acids is 1. The second kappa shape index (κ2) is 9.41. The third-order valence-electron chi connectivity index (χ3n) is 4.90. The Morgan fingerprint density at radius 2 is 1.57 bits per heavy atom.